The van der Waals surface area contributed by atoms with E-state index in [1.54, 1.807) is 42.7 Å². The van der Waals surface area contributed by atoms with Crippen molar-refractivity contribution < 1.29 is 14.1 Å². The van der Waals surface area contributed by atoms with Crippen molar-refractivity contribution in [3.8, 4) is 11.8 Å². The number of rotatable bonds is 6. The first-order valence-electron chi connectivity index (χ1n) is 8.37. The summed E-state index contributed by atoms with van der Waals surface area (Å²) in [5.74, 6) is 0.861. The number of anilines is 1. The van der Waals surface area contributed by atoms with E-state index in [0.29, 0.717) is 23.6 Å². The van der Waals surface area contributed by atoms with Crippen LogP contribution in [0, 0.1) is 13.8 Å². The molecule has 0 saturated carbocycles. The fourth-order valence-electron chi connectivity index (χ4n) is 2.79. The first kappa shape index (κ1) is 17.6. The van der Waals surface area contributed by atoms with Crippen molar-refractivity contribution in [1.29, 1.82) is 0 Å². The minimum Gasteiger partial charge on any atom is -0.424 e. The molecule has 0 aliphatic rings. The monoisotopic (exact) mass is 352 g/mol. The van der Waals surface area contributed by atoms with E-state index in [2.05, 4.69) is 20.4 Å². The van der Waals surface area contributed by atoms with Gasteiger partial charge in [0.1, 0.15) is 11.5 Å². The molecule has 7 heteroatoms. The number of carbonyl (C=O) groups is 1. The van der Waals surface area contributed by atoms with Gasteiger partial charge in [0.15, 0.2) is 0 Å². The van der Waals surface area contributed by atoms with Crippen LogP contribution in [-0.4, -0.2) is 21.0 Å². The molecule has 1 aromatic carbocycles. The van der Waals surface area contributed by atoms with E-state index >= 15 is 0 Å². The molecule has 0 aliphatic carbocycles. The van der Waals surface area contributed by atoms with Crippen LogP contribution in [0.25, 0.3) is 0 Å². The molecule has 0 aliphatic heterocycles. The number of benzene rings is 1. The molecule has 0 spiro atoms. The van der Waals surface area contributed by atoms with Crippen molar-refractivity contribution in [1.82, 2.24) is 15.1 Å². The molecule has 1 N–H and O–H groups in total. The number of amides is 1. The van der Waals surface area contributed by atoms with Gasteiger partial charge in [-0.15, -0.1) is 0 Å². The van der Waals surface area contributed by atoms with Crippen LogP contribution < -0.4 is 10.1 Å². The van der Waals surface area contributed by atoms with Gasteiger partial charge in [-0.05, 0) is 50.6 Å². The molecule has 134 valence electrons. The average Bonchev–Trinajstić information content (AvgIpc) is 2.97. The van der Waals surface area contributed by atoms with E-state index in [4.69, 9.17) is 9.26 Å². The van der Waals surface area contributed by atoms with Gasteiger partial charge in [0.25, 0.3) is 0 Å². The molecule has 1 amide bonds. The van der Waals surface area contributed by atoms with Crippen LogP contribution in [0.4, 0.5) is 5.69 Å². The van der Waals surface area contributed by atoms with Crippen LogP contribution >= 0.6 is 0 Å². The number of carbonyl (C=O) groups excluding carboxylic acids is 1. The number of aromatic nitrogens is 3. The number of nitrogens with zero attached hydrogens (tertiary/aromatic N) is 3. The zero-order valence-electron chi connectivity index (χ0n) is 14.9. The fourth-order valence-corrected chi connectivity index (χ4v) is 2.79. The second-order valence-corrected chi connectivity index (χ2v) is 5.85. The number of hydrogen-bond donors (Lipinski definition) is 1. The van der Waals surface area contributed by atoms with Gasteiger partial charge >= 0.3 is 6.01 Å². The Labute approximate surface area is 151 Å². The quantitative estimate of drug-likeness (QED) is 0.721. The Hall–Kier alpha value is -3.22. The maximum absolute atomic E-state index is 12.7. The third-order valence-electron chi connectivity index (χ3n) is 4.03. The van der Waals surface area contributed by atoms with Gasteiger partial charge < -0.3 is 14.6 Å². The van der Waals surface area contributed by atoms with Gasteiger partial charge in [0, 0.05) is 23.6 Å². The molecular formula is C19H20N4O3. The van der Waals surface area contributed by atoms with Crippen molar-refractivity contribution in [2.24, 2.45) is 0 Å². The molecule has 0 radical (unpaired) electrons. The highest BCUT2D eigenvalue weighted by atomic mass is 16.5. The molecular weight excluding hydrogens is 332 g/mol. The topological polar surface area (TPSA) is 90.1 Å². The van der Waals surface area contributed by atoms with Gasteiger partial charge in [-0.1, -0.05) is 12.1 Å². The summed E-state index contributed by atoms with van der Waals surface area (Å²) in [7, 11) is 0. The minimum atomic E-state index is -0.310. The maximum Gasteiger partial charge on any atom is 0.321 e. The predicted octanol–water partition coefficient (Wildman–Crippen LogP) is 4.01. The number of ether oxygens (including phenoxy) is 1. The van der Waals surface area contributed by atoms with E-state index in [-0.39, 0.29) is 17.8 Å². The third-order valence-corrected chi connectivity index (χ3v) is 4.03. The summed E-state index contributed by atoms with van der Waals surface area (Å²) in [6.07, 6.45) is 3.87. The summed E-state index contributed by atoms with van der Waals surface area (Å²) >= 11 is 0. The fraction of sp³-hybridized carbons (Fsp3) is 0.263. The van der Waals surface area contributed by atoms with E-state index in [9.17, 15) is 4.79 Å². The summed E-state index contributed by atoms with van der Waals surface area (Å²) in [5.41, 5.74) is 2.28. The van der Waals surface area contributed by atoms with Gasteiger partial charge in [-0.3, -0.25) is 4.79 Å². The molecule has 0 saturated heterocycles. The van der Waals surface area contributed by atoms with Crippen LogP contribution in [0.5, 0.6) is 11.8 Å². The molecule has 0 fully saturated rings. The molecule has 1 atom stereocenters. The van der Waals surface area contributed by atoms with Crippen molar-refractivity contribution >= 4 is 11.6 Å². The highest BCUT2D eigenvalue weighted by Crippen LogP contribution is 2.28. The lowest BCUT2D eigenvalue weighted by Crippen LogP contribution is -2.21. The Bertz CT molecular complexity index is 856. The summed E-state index contributed by atoms with van der Waals surface area (Å²) < 4.78 is 10.7. The Kier molecular flexibility index (Phi) is 5.26. The van der Waals surface area contributed by atoms with Crippen molar-refractivity contribution in [3.63, 3.8) is 0 Å². The highest BCUT2D eigenvalue weighted by molar-refractivity contribution is 5.96. The summed E-state index contributed by atoms with van der Waals surface area (Å²) in [6, 6.07) is 9.04. The van der Waals surface area contributed by atoms with Crippen molar-refractivity contribution in [2.45, 2.75) is 33.1 Å². The molecule has 3 aromatic rings. The SMILES string of the molecule is CC[C@H](C(=O)Nc1ccc(Oc2ncccn2)cc1)c1c(C)noc1C. The largest absolute Gasteiger partial charge is 0.424 e. The van der Waals surface area contributed by atoms with Gasteiger partial charge in [-0.2, -0.15) is 0 Å². The zero-order chi connectivity index (χ0) is 18.5. The standard InChI is InChI=1S/C19H20N4O3/c1-4-16(17-12(2)23-26-13(17)3)18(24)22-14-6-8-15(9-7-14)25-19-20-10-5-11-21-19/h5-11,16H,4H2,1-3H3,(H,22,24)/t16-/m0/s1. The van der Waals surface area contributed by atoms with Crippen LogP contribution in [0.2, 0.25) is 0 Å². The Morgan fingerprint density at radius 2 is 1.88 bits per heavy atom. The van der Waals surface area contributed by atoms with Crippen molar-refractivity contribution in [2.75, 3.05) is 5.32 Å². The molecule has 2 heterocycles. The second-order valence-electron chi connectivity index (χ2n) is 5.85. The van der Waals surface area contributed by atoms with Gasteiger partial charge in [0.05, 0.1) is 11.6 Å². The lowest BCUT2D eigenvalue weighted by molar-refractivity contribution is -0.117. The molecule has 7 nitrogen and oxygen atoms in total. The van der Waals surface area contributed by atoms with Crippen molar-refractivity contribution in [3.05, 3.63) is 59.7 Å². The van der Waals surface area contributed by atoms with Crippen LogP contribution in [0.15, 0.2) is 47.2 Å². The molecule has 2 aromatic heterocycles. The summed E-state index contributed by atoms with van der Waals surface area (Å²) in [6.45, 7) is 5.63. The normalized spacial score (nSPS) is 11.8. The Morgan fingerprint density at radius 1 is 1.19 bits per heavy atom. The highest BCUT2D eigenvalue weighted by Gasteiger charge is 2.25. The van der Waals surface area contributed by atoms with E-state index in [1.165, 1.54) is 0 Å². The van der Waals surface area contributed by atoms with E-state index < -0.39 is 0 Å². The average molecular weight is 352 g/mol. The number of aryl methyl sites for hydroxylation is 2. The van der Waals surface area contributed by atoms with E-state index in [0.717, 1.165) is 11.3 Å². The molecule has 26 heavy (non-hydrogen) atoms. The number of nitrogens with one attached hydrogen (secondary N) is 1. The predicted molar refractivity (Wildman–Crippen MR) is 96.2 cm³/mol. The Balaban J connectivity index is 1.69. The summed E-state index contributed by atoms with van der Waals surface area (Å²) in [5, 5.41) is 6.87. The molecule has 3 rings (SSSR count). The smallest absolute Gasteiger partial charge is 0.321 e. The third kappa shape index (κ3) is 3.88. The van der Waals surface area contributed by atoms with Crippen LogP contribution in [0.3, 0.4) is 0 Å². The minimum absolute atomic E-state index is 0.0954. The Morgan fingerprint density at radius 3 is 2.46 bits per heavy atom. The molecule has 0 bridgehead atoms. The first-order chi connectivity index (χ1) is 12.6. The number of hydrogen-bond acceptors (Lipinski definition) is 6. The first-order valence-corrected chi connectivity index (χ1v) is 8.37. The lowest BCUT2D eigenvalue weighted by atomic mass is 9.94. The van der Waals surface area contributed by atoms with Crippen LogP contribution in [0.1, 0.15) is 36.3 Å². The lowest BCUT2D eigenvalue weighted by Gasteiger charge is -2.15. The van der Waals surface area contributed by atoms with Gasteiger partial charge in [-0.25, -0.2) is 9.97 Å². The zero-order valence-corrected chi connectivity index (χ0v) is 14.9. The van der Waals surface area contributed by atoms with E-state index in [1.807, 2.05) is 20.8 Å². The molecule has 0 unspecified atom stereocenters. The van der Waals surface area contributed by atoms with Crippen LogP contribution in [-0.2, 0) is 4.79 Å². The summed E-state index contributed by atoms with van der Waals surface area (Å²) in [4.78, 5) is 20.7. The second kappa shape index (κ2) is 7.77. The maximum atomic E-state index is 12.7. The van der Waals surface area contributed by atoms with Gasteiger partial charge in [0.2, 0.25) is 5.91 Å².